The molecule has 0 spiro atoms. The highest BCUT2D eigenvalue weighted by Gasteiger charge is 2.22. The van der Waals surface area contributed by atoms with Gasteiger partial charge in [-0.15, -0.1) is 5.10 Å². The van der Waals surface area contributed by atoms with Crippen molar-refractivity contribution >= 4 is 12.1 Å². The van der Waals surface area contributed by atoms with E-state index in [9.17, 15) is 14.7 Å². The first-order valence-electron chi connectivity index (χ1n) is 8.21. The highest BCUT2D eigenvalue weighted by Crippen LogP contribution is 2.13. The lowest BCUT2D eigenvalue weighted by Gasteiger charge is -2.19. The summed E-state index contributed by atoms with van der Waals surface area (Å²) in [5.41, 5.74) is 0.263. The number of ether oxygens (including phenoxy) is 1. The van der Waals surface area contributed by atoms with E-state index in [0.717, 1.165) is 5.69 Å². The van der Waals surface area contributed by atoms with Crippen LogP contribution in [-0.4, -0.2) is 47.3 Å². The van der Waals surface area contributed by atoms with E-state index >= 15 is 0 Å². The number of imidazole rings is 1. The highest BCUT2D eigenvalue weighted by molar-refractivity contribution is 5.86. The van der Waals surface area contributed by atoms with E-state index in [1.165, 1.54) is 4.68 Å². The number of carbonyl (C=O) groups excluding carboxylic acids is 1. The van der Waals surface area contributed by atoms with Crippen LogP contribution in [-0.2, 0) is 17.8 Å². The fraction of sp³-hybridized carbons (Fsp3) is 0.562. The number of aromatic carboxylic acids is 1. The lowest BCUT2D eigenvalue weighted by Crippen LogP contribution is -2.33. The molecule has 142 valence electrons. The van der Waals surface area contributed by atoms with Crippen molar-refractivity contribution in [3.8, 4) is 0 Å². The van der Waals surface area contributed by atoms with Gasteiger partial charge in [0.25, 0.3) is 0 Å². The number of aromatic nitrogens is 5. The number of nitrogens with zero attached hydrogens (tertiary/aromatic N) is 5. The number of rotatable bonds is 6. The standard InChI is InChI=1S/C16H24N6O4/c1-10(2)21-9-17-6-11(21)8-22-12(13(14(23)24)19-20-22)7-18-15(25)26-16(3,4)5/h6,9-10H,7-8H2,1-5H3,(H,18,25)(H,23,24). The van der Waals surface area contributed by atoms with E-state index in [1.807, 2.05) is 18.4 Å². The first-order valence-corrected chi connectivity index (χ1v) is 8.21. The largest absolute Gasteiger partial charge is 0.476 e. The molecule has 0 aliphatic heterocycles. The van der Waals surface area contributed by atoms with Gasteiger partial charge in [-0.1, -0.05) is 5.21 Å². The van der Waals surface area contributed by atoms with Gasteiger partial charge in [0.15, 0.2) is 5.69 Å². The molecule has 0 atom stereocenters. The van der Waals surface area contributed by atoms with Crippen molar-refractivity contribution < 1.29 is 19.4 Å². The fourth-order valence-corrected chi connectivity index (χ4v) is 2.34. The molecule has 0 aromatic carbocycles. The molecular weight excluding hydrogens is 340 g/mol. The fourth-order valence-electron chi connectivity index (χ4n) is 2.34. The Balaban J connectivity index is 2.21. The lowest BCUT2D eigenvalue weighted by atomic mass is 10.2. The second-order valence-electron chi connectivity index (χ2n) is 7.09. The monoisotopic (exact) mass is 364 g/mol. The number of hydrogen-bond donors (Lipinski definition) is 2. The van der Waals surface area contributed by atoms with E-state index < -0.39 is 17.7 Å². The second-order valence-corrected chi connectivity index (χ2v) is 7.09. The molecule has 0 bridgehead atoms. The summed E-state index contributed by atoms with van der Waals surface area (Å²) in [6.45, 7) is 9.47. The molecule has 2 aromatic rings. The molecule has 0 saturated carbocycles. The molecule has 2 rings (SSSR count). The quantitative estimate of drug-likeness (QED) is 0.801. The topological polar surface area (TPSA) is 124 Å². The molecule has 0 unspecified atom stereocenters. The van der Waals surface area contributed by atoms with Crippen molar-refractivity contribution in [3.63, 3.8) is 0 Å². The summed E-state index contributed by atoms with van der Waals surface area (Å²) in [5.74, 6) is -1.21. The Morgan fingerprint density at radius 2 is 2.04 bits per heavy atom. The molecule has 0 aliphatic rings. The van der Waals surface area contributed by atoms with Gasteiger partial charge in [-0.25, -0.2) is 19.3 Å². The number of carbonyl (C=O) groups is 2. The van der Waals surface area contributed by atoms with Crippen LogP contribution in [0.5, 0.6) is 0 Å². The predicted molar refractivity (Wildman–Crippen MR) is 91.8 cm³/mol. The smallest absolute Gasteiger partial charge is 0.407 e. The lowest BCUT2D eigenvalue weighted by molar-refractivity contribution is 0.0519. The summed E-state index contributed by atoms with van der Waals surface area (Å²) in [7, 11) is 0. The molecule has 2 N–H and O–H groups in total. The van der Waals surface area contributed by atoms with Crippen molar-refractivity contribution in [2.24, 2.45) is 0 Å². The Morgan fingerprint density at radius 3 is 2.62 bits per heavy atom. The van der Waals surface area contributed by atoms with Crippen molar-refractivity contribution in [3.05, 3.63) is 29.6 Å². The van der Waals surface area contributed by atoms with Gasteiger partial charge in [0.1, 0.15) is 5.60 Å². The molecule has 0 aliphatic carbocycles. The average Bonchev–Trinajstić information content (AvgIpc) is 3.10. The summed E-state index contributed by atoms with van der Waals surface area (Å²) in [6.07, 6.45) is 2.75. The van der Waals surface area contributed by atoms with Crippen LogP contribution in [0.4, 0.5) is 4.79 Å². The third-order valence-corrected chi connectivity index (χ3v) is 3.45. The minimum Gasteiger partial charge on any atom is -0.476 e. The molecule has 2 aromatic heterocycles. The number of nitrogens with one attached hydrogen (secondary N) is 1. The minimum atomic E-state index is -1.21. The van der Waals surface area contributed by atoms with E-state index in [1.54, 1.807) is 33.3 Å². The maximum atomic E-state index is 11.9. The van der Waals surface area contributed by atoms with Gasteiger partial charge in [-0.2, -0.15) is 0 Å². The zero-order chi connectivity index (χ0) is 19.5. The molecule has 26 heavy (non-hydrogen) atoms. The van der Waals surface area contributed by atoms with Crippen LogP contribution in [0.15, 0.2) is 12.5 Å². The summed E-state index contributed by atoms with van der Waals surface area (Å²) >= 11 is 0. The summed E-state index contributed by atoms with van der Waals surface area (Å²) in [6, 6.07) is 0.193. The van der Waals surface area contributed by atoms with Crippen LogP contribution in [0.3, 0.4) is 0 Å². The molecule has 2 heterocycles. The molecule has 0 radical (unpaired) electrons. The zero-order valence-corrected chi connectivity index (χ0v) is 15.6. The van der Waals surface area contributed by atoms with E-state index in [0.29, 0.717) is 0 Å². The van der Waals surface area contributed by atoms with Crippen LogP contribution in [0.1, 0.15) is 62.5 Å². The van der Waals surface area contributed by atoms with Crippen molar-refractivity contribution in [1.82, 2.24) is 29.9 Å². The van der Waals surface area contributed by atoms with Crippen LogP contribution >= 0.6 is 0 Å². The molecule has 0 saturated heterocycles. The van der Waals surface area contributed by atoms with Gasteiger partial charge in [-0.05, 0) is 34.6 Å². The molecular formula is C16H24N6O4. The van der Waals surface area contributed by atoms with Crippen molar-refractivity contribution in [2.45, 2.75) is 59.4 Å². The Kier molecular flexibility index (Phi) is 5.63. The molecule has 1 amide bonds. The third kappa shape index (κ3) is 4.80. The van der Waals surface area contributed by atoms with Gasteiger partial charge in [-0.3, -0.25) is 0 Å². The Hall–Kier alpha value is -2.91. The maximum absolute atomic E-state index is 11.9. The first-order chi connectivity index (χ1) is 12.1. The van der Waals surface area contributed by atoms with Crippen LogP contribution in [0, 0.1) is 0 Å². The van der Waals surface area contributed by atoms with E-state index in [4.69, 9.17) is 4.74 Å². The minimum absolute atomic E-state index is 0.0701. The average molecular weight is 364 g/mol. The Morgan fingerprint density at radius 1 is 1.35 bits per heavy atom. The van der Waals surface area contributed by atoms with Gasteiger partial charge < -0.3 is 19.7 Å². The van der Waals surface area contributed by atoms with Crippen molar-refractivity contribution in [1.29, 1.82) is 0 Å². The second kappa shape index (κ2) is 7.54. The number of carboxylic acids is 1. The van der Waals surface area contributed by atoms with Gasteiger partial charge >= 0.3 is 12.1 Å². The summed E-state index contributed by atoms with van der Waals surface area (Å²) in [5, 5.41) is 19.5. The number of alkyl carbamates (subject to hydrolysis) is 1. The predicted octanol–water partition coefficient (Wildman–Crippen LogP) is 1.83. The Bertz CT molecular complexity index is 787. The number of amides is 1. The zero-order valence-electron chi connectivity index (χ0n) is 15.6. The van der Waals surface area contributed by atoms with Crippen LogP contribution < -0.4 is 5.32 Å². The van der Waals surface area contributed by atoms with Gasteiger partial charge in [0.2, 0.25) is 0 Å². The summed E-state index contributed by atoms with van der Waals surface area (Å²) < 4.78 is 8.56. The van der Waals surface area contributed by atoms with Gasteiger partial charge in [0.05, 0.1) is 37.0 Å². The maximum Gasteiger partial charge on any atom is 0.407 e. The number of carboxylic acid groups (broad SMARTS) is 1. The number of hydrogen-bond acceptors (Lipinski definition) is 6. The van der Waals surface area contributed by atoms with E-state index in [2.05, 4.69) is 20.6 Å². The Labute approximate surface area is 151 Å². The molecule has 10 nitrogen and oxygen atoms in total. The third-order valence-electron chi connectivity index (χ3n) is 3.45. The van der Waals surface area contributed by atoms with Crippen LogP contribution in [0.25, 0.3) is 0 Å². The van der Waals surface area contributed by atoms with Gasteiger partial charge in [0, 0.05) is 6.04 Å². The molecule has 10 heteroatoms. The highest BCUT2D eigenvalue weighted by atomic mass is 16.6. The SMILES string of the molecule is CC(C)n1cncc1Cn1nnc(C(=O)O)c1CNC(=O)OC(C)(C)C. The first kappa shape index (κ1) is 19.4. The molecule has 0 fully saturated rings. The van der Waals surface area contributed by atoms with E-state index in [-0.39, 0.29) is 30.5 Å². The van der Waals surface area contributed by atoms with Crippen molar-refractivity contribution in [2.75, 3.05) is 0 Å². The summed E-state index contributed by atoms with van der Waals surface area (Å²) in [4.78, 5) is 27.4. The van der Waals surface area contributed by atoms with Crippen LogP contribution in [0.2, 0.25) is 0 Å². The normalized spacial score (nSPS) is 11.6.